The molecule has 0 fully saturated rings. The topological polar surface area (TPSA) is 59.3 Å². The van der Waals surface area contributed by atoms with E-state index in [4.69, 9.17) is 0 Å². The number of aromatic carboxylic acids is 1. The average Bonchev–Trinajstić information content (AvgIpc) is 2.96. The molecule has 2 rings (SSSR count). The Bertz CT molecular complexity index is 766. The molecule has 0 spiro atoms. The van der Waals surface area contributed by atoms with Crippen molar-refractivity contribution in [3.8, 4) is 0 Å². The highest BCUT2D eigenvalue weighted by Gasteiger charge is 2.24. The number of aromatic nitrogens is 1. The molecular weight excluding hydrogens is 358 g/mol. The smallest absolute Gasteiger partial charge is 0.353 e. The Morgan fingerprint density at radius 3 is 2.11 bits per heavy atom. The standard InChI is InChI=1S/C22H33NO3S/c1-3-4-5-6-7-8-9-10-11-14-17-27(26)21-18-15-12-13-16-19(18)23(2)20(21)22(24)25/h12-13,15-16H,3-11,14,17H2,1-2H3,(H,24,25). The molecular formula is C22H33NO3S. The monoisotopic (exact) mass is 391 g/mol. The van der Waals surface area contributed by atoms with Crippen molar-refractivity contribution < 1.29 is 14.1 Å². The van der Waals surface area contributed by atoms with Crippen LogP contribution < -0.4 is 0 Å². The molecule has 150 valence electrons. The zero-order chi connectivity index (χ0) is 19.6. The largest absolute Gasteiger partial charge is 0.477 e. The molecule has 4 nitrogen and oxygen atoms in total. The van der Waals surface area contributed by atoms with Crippen molar-refractivity contribution in [1.29, 1.82) is 0 Å². The number of unbranched alkanes of at least 4 members (excludes halogenated alkanes) is 9. The second-order valence-electron chi connectivity index (χ2n) is 7.29. The van der Waals surface area contributed by atoms with E-state index in [1.807, 2.05) is 24.3 Å². The highest BCUT2D eigenvalue weighted by molar-refractivity contribution is 7.85. The summed E-state index contributed by atoms with van der Waals surface area (Å²) < 4.78 is 14.5. The Hall–Kier alpha value is -1.62. The molecule has 1 aromatic heterocycles. The molecule has 0 aliphatic heterocycles. The first-order chi connectivity index (χ1) is 13.1. The van der Waals surface area contributed by atoms with Gasteiger partial charge in [0.25, 0.3) is 0 Å². The molecule has 5 heteroatoms. The molecule has 27 heavy (non-hydrogen) atoms. The van der Waals surface area contributed by atoms with Gasteiger partial charge in [-0.15, -0.1) is 0 Å². The Kier molecular flexibility index (Phi) is 9.05. The minimum Gasteiger partial charge on any atom is -0.477 e. The number of para-hydroxylation sites is 1. The number of rotatable bonds is 13. The van der Waals surface area contributed by atoms with Gasteiger partial charge < -0.3 is 9.67 Å². The van der Waals surface area contributed by atoms with Crippen LogP contribution in [0, 0.1) is 0 Å². The fourth-order valence-corrected chi connectivity index (χ4v) is 5.18. The summed E-state index contributed by atoms with van der Waals surface area (Å²) in [6.45, 7) is 2.24. The van der Waals surface area contributed by atoms with Gasteiger partial charge in [-0.2, -0.15) is 0 Å². The lowest BCUT2D eigenvalue weighted by Gasteiger charge is -2.05. The van der Waals surface area contributed by atoms with E-state index in [-0.39, 0.29) is 5.69 Å². The van der Waals surface area contributed by atoms with Crippen LogP contribution in [0.1, 0.15) is 81.6 Å². The molecule has 0 bridgehead atoms. The van der Waals surface area contributed by atoms with Gasteiger partial charge in [0.15, 0.2) is 0 Å². The third-order valence-electron chi connectivity index (χ3n) is 5.17. The van der Waals surface area contributed by atoms with E-state index in [1.54, 1.807) is 11.6 Å². The van der Waals surface area contributed by atoms with Crippen LogP contribution in [-0.2, 0) is 17.8 Å². The molecule has 0 aliphatic carbocycles. The Morgan fingerprint density at radius 2 is 1.52 bits per heavy atom. The van der Waals surface area contributed by atoms with Gasteiger partial charge >= 0.3 is 5.97 Å². The van der Waals surface area contributed by atoms with Crippen LogP contribution >= 0.6 is 0 Å². The van der Waals surface area contributed by atoms with Crippen LogP contribution in [0.4, 0.5) is 0 Å². The summed E-state index contributed by atoms with van der Waals surface area (Å²) in [5.74, 6) is -0.481. The van der Waals surface area contributed by atoms with Gasteiger partial charge in [-0.1, -0.05) is 82.9 Å². The summed E-state index contributed by atoms with van der Waals surface area (Å²) in [6.07, 6.45) is 12.3. The van der Waals surface area contributed by atoms with Gasteiger partial charge in [0.2, 0.25) is 0 Å². The van der Waals surface area contributed by atoms with E-state index in [0.29, 0.717) is 10.6 Å². The number of carboxylic acids is 1. The molecule has 1 heterocycles. The summed E-state index contributed by atoms with van der Waals surface area (Å²) in [5.41, 5.74) is 0.975. The lowest BCUT2D eigenvalue weighted by Crippen LogP contribution is -2.09. The van der Waals surface area contributed by atoms with Crippen molar-refractivity contribution in [2.75, 3.05) is 5.75 Å². The number of carboxylic acid groups (broad SMARTS) is 1. The zero-order valence-corrected chi connectivity index (χ0v) is 17.5. The number of hydrogen-bond acceptors (Lipinski definition) is 2. The first-order valence-corrected chi connectivity index (χ1v) is 11.6. The van der Waals surface area contributed by atoms with E-state index in [0.717, 1.165) is 23.7 Å². The van der Waals surface area contributed by atoms with Gasteiger partial charge in [0.05, 0.1) is 15.7 Å². The van der Waals surface area contributed by atoms with E-state index in [9.17, 15) is 14.1 Å². The highest BCUT2D eigenvalue weighted by atomic mass is 32.2. The number of nitrogens with zero attached hydrogens (tertiary/aromatic N) is 1. The molecule has 1 unspecified atom stereocenters. The van der Waals surface area contributed by atoms with Gasteiger partial charge in [0.1, 0.15) is 5.69 Å². The third kappa shape index (κ3) is 5.93. The van der Waals surface area contributed by atoms with E-state index in [2.05, 4.69) is 6.92 Å². The molecule has 0 saturated carbocycles. The number of benzene rings is 1. The maximum absolute atomic E-state index is 12.9. The van der Waals surface area contributed by atoms with Crippen molar-refractivity contribution >= 4 is 27.7 Å². The second kappa shape index (κ2) is 11.3. The summed E-state index contributed by atoms with van der Waals surface area (Å²) in [5, 5.41) is 10.4. The fourth-order valence-electron chi connectivity index (χ4n) is 3.65. The predicted octanol–water partition coefficient (Wildman–Crippen LogP) is 5.91. The predicted molar refractivity (Wildman–Crippen MR) is 113 cm³/mol. The zero-order valence-electron chi connectivity index (χ0n) is 16.7. The number of hydrogen-bond donors (Lipinski definition) is 1. The van der Waals surface area contributed by atoms with Gasteiger partial charge in [-0.3, -0.25) is 4.21 Å². The van der Waals surface area contributed by atoms with Gasteiger partial charge in [-0.05, 0) is 12.5 Å². The van der Waals surface area contributed by atoms with Crippen LogP contribution in [0.3, 0.4) is 0 Å². The van der Waals surface area contributed by atoms with Crippen LogP contribution in [0.25, 0.3) is 10.9 Å². The maximum atomic E-state index is 12.9. The quantitative estimate of drug-likeness (QED) is 0.432. The second-order valence-corrected chi connectivity index (χ2v) is 8.80. The van der Waals surface area contributed by atoms with Crippen molar-refractivity contribution in [3.05, 3.63) is 30.0 Å². The van der Waals surface area contributed by atoms with E-state index < -0.39 is 16.8 Å². The molecule has 0 saturated heterocycles. The van der Waals surface area contributed by atoms with E-state index >= 15 is 0 Å². The lowest BCUT2D eigenvalue weighted by atomic mass is 10.1. The highest BCUT2D eigenvalue weighted by Crippen LogP contribution is 2.29. The minimum absolute atomic E-state index is 0.154. The number of aryl methyl sites for hydroxylation is 1. The summed E-state index contributed by atoms with van der Waals surface area (Å²) in [4.78, 5) is 12.2. The molecule has 2 aromatic rings. The number of carbonyl (C=O) groups is 1. The first-order valence-electron chi connectivity index (χ1n) is 10.3. The minimum atomic E-state index is -1.28. The summed E-state index contributed by atoms with van der Waals surface area (Å²) in [6, 6.07) is 7.49. The molecule has 1 N–H and O–H groups in total. The Labute approximate surface area is 165 Å². The molecule has 0 aliphatic rings. The van der Waals surface area contributed by atoms with Crippen LogP contribution in [-0.4, -0.2) is 25.6 Å². The van der Waals surface area contributed by atoms with Gasteiger partial charge in [0, 0.05) is 23.7 Å². The van der Waals surface area contributed by atoms with Crippen molar-refractivity contribution in [2.45, 2.75) is 76.0 Å². The maximum Gasteiger partial charge on any atom is 0.353 e. The van der Waals surface area contributed by atoms with Crippen molar-refractivity contribution in [2.24, 2.45) is 7.05 Å². The van der Waals surface area contributed by atoms with Crippen LogP contribution in [0.2, 0.25) is 0 Å². The van der Waals surface area contributed by atoms with Crippen molar-refractivity contribution in [3.63, 3.8) is 0 Å². The number of fused-ring (bicyclic) bond motifs is 1. The van der Waals surface area contributed by atoms with Crippen LogP contribution in [0.5, 0.6) is 0 Å². The normalized spacial score (nSPS) is 12.5. The molecule has 0 radical (unpaired) electrons. The first kappa shape index (κ1) is 21.7. The third-order valence-corrected chi connectivity index (χ3v) is 6.70. The fraction of sp³-hybridized carbons (Fsp3) is 0.591. The lowest BCUT2D eigenvalue weighted by molar-refractivity contribution is 0.0683. The van der Waals surface area contributed by atoms with E-state index in [1.165, 1.54) is 51.4 Å². The van der Waals surface area contributed by atoms with Crippen molar-refractivity contribution in [1.82, 2.24) is 4.57 Å². The summed E-state index contributed by atoms with van der Waals surface area (Å²) >= 11 is 0. The molecule has 1 atom stereocenters. The average molecular weight is 392 g/mol. The SMILES string of the molecule is CCCCCCCCCCCCS(=O)c1c(C(=O)O)n(C)c2ccccc12. The Balaban J connectivity index is 1.83. The molecule has 0 amide bonds. The van der Waals surface area contributed by atoms with Gasteiger partial charge in [-0.25, -0.2) is 4.79 Å². The summed E-state index contributed by atoms with van der Waals surface area (Å²) in [7, 11) is 0.446. The Morgan fingerprint density at radius 1 is 0.963 bits per heavy atom. The van der Waals surface area contributed by atoms with Crippen LogP contribution in [0.15, 0.2) is 29.2 Å². The molecule has 1 aromatic carbocycles.